The van der Waals surface area contributed by atoms with Gasteiger partial charge in [-0.1, -0.05) is 0 Å². The number of carbonyl (C=O) groups is 1. The van der Waals surface area contributed by atoms with Crippen LogP contribution >= 0.6 is 0 Å². The zero-order chi connectivity index (χ0) is 7.56. The van der Waals surface area contributed by atoms with Crippen molar-refractivity contribution in [2.24, 2.45) is 5.73 Å². The first kappa shape index (κ1) is 7.34. The molecule has 0 aromatic carbocycles. The topological polar surface area (TPSA) is 55.6 Å². The number of nitrogens with two attached hydrogens (primary N) is 1. The lowest BCUT2D eigenvalue weighted by atomic mass is 10.3. The summed E-state index contributed by atoms with van der Waals surface area (Å²) in [6.07, 6.45) is 1.42. The Morgan fingerprint density at radius 2 is 2.50 bits per heavy atom. The van der Waals surface area contributed by atoms with E-state index in [1.807, 2.05) is 0 Å². The van der Waals surface area contributed by atoms with Crippen LogP contribution in [0.4, 0.5) is 4.79 Å². The average Bonchev–Trinajstić information content (AvgIpc) is 2.34. The zero-order valence-electron chi connectivity index (χ0n) is 6.04. The molecule has 1 aliphatic rings. The van der Waals surface area contributed by atoms with Gasteiger partial charge >= 0.3 is 6.09 Å². The van der Waals surface area contributed by atoms with Crippen LogP contribution in [0.15, 0.2) is 0 Å². The lowest BCUT2D eigenvalue weighted by Crippen LogP contribution is -2.40. The maximum Gasteiger partial charge on any atom is 0.410 e. The van der Waals surface area contributed by atoms with Crippen LogP contribution in [0.5, 0.6) is 0 Å². The maximum absolute atomic E-state index is 10.8. The summed E-state index contributed by atoms with van der Waals surface area (Å²) in [6, 6.07) is 0. The molecule has 0 spiro atoms. The van der Waals surface area contributed by atoms with Crippen molar-refractivity contribution in [2.75, 3.05) is 13.7 Å². The first-order valence-corrected chi connectivity index (χ1v) is 3.36. The quantitative estimate of drug-likeness (QED) is 0.526. The van der Waals surface area contributed by atoms with Crippen molar-refractivity contribution in [1.82, 2.24) is 4.90 Å². The van der Waals surface area contributed by atoms with E-state index in [0.717, 1.165) is 19.4 Å². The average molecular weight is 144 g/mol. The molecule has 1 saturated heterocycles. The molecule has 4 heteroatoms. The molecular formula is C6H12N2O2. The molecule has 1 amide bonds. The standard InChI is InChI=1S/C6H12N2O2/c1-10-6(9)8-4-2-3-5(8)7/h5H,2-4,7H2,1H3. The molecule has 1 rings (SSSR count). The number of nitrogens with zero attached hydrogens (tertiary/aromatic N) is 1. The summed E-state index contributed by atoms with van der Waals surface area (Å²) in [7, 11) is 1.37. The van der Waals surface area contributed by atoms with Crippen LogP contribution < -0.4 is 5.73 Å². The van der Waals surface area contributed by atoms with Crippen LogP contribution in [-0.4, -0.2) is 30.8 Å². The third-order valence-corrected chi connectivity index (χ3v) is 1.71. The Bertz CT molecular complexity index is 138. The van der Waals surface area contributed by atoms with E-state index in [-0.39, 0.29) is 12.3 Å². The predicted molar refractivity (Wildman–Crippen MR) is 36.3 cm³/mol. The van der Waals surface area contributed by atoms with Gasteiger partial charge in [0.25, 0.3) is 0 Å². The van der Waals surface area contributed by atoms with Gasteiger partial charge in [-0.15, -0.1) is 0 Å². The Balaban J connectivity index is 2.46. The van der Waals surface area contributed by atoms with Gasteiger partial charge in [0, 0.05) is 6.54 Å². The molecule has 0 aromatic heterocycles. The molecule has 0 aliphatic carbocycles. The van der Waals surface area contributed by atoms with Gasteiger partial charge in [0.15, 0.2) is 0 Å². The van der Waals surface area contributed by atoms with Crippen LogP contribution in [0.25, 0.3) is 0 Å². The van der Waals surface area contributed by atoms with E-state index < -0.39 is 0 Å². The van der Waals surface area contributed by atoms with Crippen LogP contribution in [0.2, 0.25) is 0 Å². The fourth-order valence-electron chi connectivity index (χ4n) is 1.14. The van der Waals surface area contributed by atoms with E-state index >= 15 is 0 Å². The largest absolute Gasteiger partial charge is 0.453 e. The number of methoxy groups -OCH3 is 1. The lowest BCUT2D eigenvalue weighted by molar-refractivity contribution is 0.120. The summed E-state index contributed by atoms with van der Waals surface area (Å²) in [6.45, 7) is 0.730. The van der Waals surface area contributed by atoms with Crippen LogP contribution in [0.3, 0.4) is 0 Å². The molecule has 2 N–H and O–H groups in total. The minimum Gasteiger partial charge on any atom is -0.453 e. The molecule has 58 valence electrons. The number of amides is 1. The SMILES string of the molecule is COC(=O)N1CCCC1N. The lowest BCUT2D eigenvalue weighted by Gasteiger charge is -2.18. The highest BCUT2D eigenvalue weighted by Crippen LogP contribution is 2.12. The van der Waals surface area contributed by atoms with Gasteiger partial charge < -0.3 is 10.5 Å². The van der Waals surface area contributed by atoms with E-state index in [2.05, 4.69) is 4.74 Å². The minimum absolute atomic E-state index is 0.132. The Morgan fingerprint density at radius 1 is 1.80 bits per heavy atom. The third-order valence-electron chi connectivity index (χ3n) is 1.71. The summed E-state index contributed by atoms with van der Waals surface area (Å²) in [4.78, 5) is 12.4. The van der Waals surface area contributed by atoms with Crippen molar-refractivity contribution in [3.63, 3.8) is 0 Å². The summed E-state index contributed by atoms with van der Waals surface area (Å²) < 4.78 is 4.51. The maximum atomic E-state index is 10.8. The predicted octanol–water partition coefficient (Wildman–Crippen LogP) is 0.133. The second-order valence-corrected chi connectivity index (χ2v) is 2.37. The van der Waals surface area contributed by atoms with E-state index in [1.165, 1.54) is 7.11 Å². The zero-order valence-corrected chi connectivity index (χ0v) is 6.04. The van der Waals surface area contributed by atoms with Crippen LogP contribution in [-0.2, 0) is 4.74 Å². The number of likely N-dealkylation sites (tertiary alicyclic amines) is 1. The molecule has 0 aromatic rings. The first-order chi connectivity index (χ1) is 4.75. The normalized spacial score (nSPS) is 25.0. The van der Waals surface area contributed by atoms with Crippen molar-refractivity contribution in [2.45, 2.75) is 19.0 Å². The Morgan fingerprint density at radius 3 is 2.90 bits per heavy atom. The Kier molecular flexibility index (Phi) is 2.11. The van der Waals surface area contributed by atoms with Gasteiger partial charge in [-0.3, -0.25) is 4.90 Å². The Labute approximate surface area is 59.9 Å². The van der Waals surface area contributed by atoms with Gasteiger partial charge in [-0.25, -0.2) is 4.79 Å². The van der Waals surface area contributed by atoms with Gasteiger partial charge in [0.2, 0.25) is 0 Å². The highest BCUT2D eigenvalue weighted by atomic mass is 16.5. The highest BCUT2D eigenvalue weighted by Gasteiger charge is 2.25. The molecule has 0 radical (unpaired) electrons. The third kappa shape index (κ3) is 1.21. The smallest absolute Gasteiger partial charge is 0.410 e. The molecule has 1 heterocycles. The van der Waals surface area contributed by atoms with E-state index in [9.17, 15) is 4.79 Å². The second-order valence-electron chi connectivity index (χ2n) is 2.37. The first-order valence-electron chi connectivity index (χ1n) is 3.36. The van der Waals surface area contributed by atoms with Crippen molar-refractivity contribution < 1.29 is 9.53 Å². The van der Waals surface area contributed by atoms with Crippen molar-refractivity contribution >= 4 is 6.09 Å². The molecule has 10 heavy (non-hydrogen) atoms. The van der Waals surface area contributed by atoms with Gasteiger partial charge in [0.1, 0.15) is 0 Å². The van der Waals surface area contributed by atoms with Crippen LogP contribution in [0, 0.1) is 0 Å². The molecule has 1 fully saturated rings. The van der Waals surface area contributed by atoms with Gasteiger partial charge in [0.05, 0.1) is 13.3 Å². The minimum atomic E-state index is -0.315. The van der Waals surface area contributed by atoms with Crippen molar-refractivity contribution in [1.29, 1.82) is 0 Å². The number of hydrogen-bond acceptors (Lipinski definition) is 3. The molecule has 1 unspecified atom stereocenters. The van der Waals surface area contributed by atoms with E-state index in [1.54, 1.807) is 4.90 Å². The number of ether oxygens (including phenoxy) is 1. The summed E-state index contributed by atoms with van der Waals surface area (Å²) in [5.74, 6) is 0. The summed E-state index contributed by atoms with van der Waals surface area (Å²) >= 11 is 0. The van der Waals surface area contributed by atoms with Gasteiger partial charge in [-0.2, -0.15) is 0 Å². The summed E-state index contributed by atoms with van der Waals surface area (Å²) in [5.41, 5.74) is 5.58. The van der Waals surface area contributed by atoms with E-state index in [0.29, 0.717) is 0 Å². The van der Waals surface area contributed by atoms with Crippen molar-refractivity contribution in [3.05, 3.63) is 0 Å². The van der Waals surface area contributed by atoms with E-state index in [4.69, 9.17) is 5.73 Å². The molecule has 1 aliphatic heterocycles. The van der Waals surface area contributed by atoms with Crippen LogP contribution in [0.1, 0.15) is 12.8 Å². The Hall–Kier alpha value is -0.770. The van der Waals surface area contributed by atoms with Crippen molar-refractivity contribution in [3.8, 4) is 0 Å². The molecule has 0 saturated carbocycles. The summed E-state index contributed by atoms with van der Waals surface area (Å²) in [5, 5.41) is 0. The van der Waals surface area contributed by atoms with Gasteiger partial charge in [-0.05, 0) is 12.8 Å². The molecule has 1 atom stereocenters. The number of hydrogen-bond donors (Lipinski definition) is 1. The molecule has 4 nitrogen and oxygen atoms in total. The highest BCUT2D eigenvalue weighted by molar-refractivity contribution is 5.68. The molecular weight excluding hydrogens is 132 g/mol. The molecule has 0 bridgehead atoms. The fourth-order valence-corrected chi connectivity index (χ4v) is 1.14. The number of rotatable bonds is 0. The number of carbonyl (C=O) groups excluding carboxylic acids is 1. The second kappa shape index (κ2) is 2.88. The monoisotopic (exact) mass is 144 g/mol. The fraction of sp³-hybridized carbons (Fsp3) is 0.833.